The molecule has 0 saturated heterocycles. The second kappa shape index (κ2) is 10.9. The Morgan fingerprint density at radius 1 is 1.06 bits per heavy atom. The lowest BCUT2D eigenvalue weighted by Crippen LogP contribution is -2.13. The van der Waals surface area contributed by atoms with Crippen molar-refractivity contribution in [2.24, 2.45) is 0 Å². The summed E-state index contributed by atoms with van der Waals surface area (Å²) < 4.78 is 36.2. The molecule has 3 rings (SSSR count). The average Bonchev–Trinajstić information content (AvgIpc) is 2.81. The van der Waals surface area contributed by atoms with E-state index < -0.39 is 16.0 Å². The lowest BCUT2D eigenvalue weighted by atomic mass is 10.1. The number of rotatable bonds is 8. The monoisotopic (exact) mass is 496 g/mol. The van der Waals surface area contributed by atoms with Crippen molar-refractivity contribution in [3.63, 3.8) is 0 Å². The van der Waals surface area contributed by atoms with E-state index in [4.69, 9.17) is 20.5 Å². The van der Waals surface area contributed by atoms with Gasteiger partial charge in [-0.25, -0.2) is 0 Å². The number of carbonyl (C=O) groups excluding carboxylic acids is 1. The highest BCUT2D eigenvalue weighted by Crippen LogP contribution is 2.32. The van der Waals surface area contributed by atoms with Crippen LogP contribution >= 0.6 is 11.6 Å². The Morgan fingerprint density at radius 3 is 2.35 bits per heavy atom. The molecule has 0 aliphatic rings. The van der Waals surface area contributed by atoms with E-state index in [1.807, 2.05) is 13.0 Å². The molecule has 3 aromatic carbocycles. The van der Waals surface area contributed by atoms with E-state index in [-0.39, 0.29) is 28.6 Å². The zero-order valence-corrected chi connectivity index (χ0v) is 20.0. The Bertz CT molecular complexity index is 1360. The predicted molar refractivity (Wildman–Crippen MR) is 130 cm³/mol. The zero-order chi connectivity index (χ0) is 24.7. The molecule has 7 nitrogen and oxygen atoms in total. The van der Waals surface area contributed by atoms with Gasteiger partial charge in [0.25, 0.3) is 5.91 Å². The highest BCUT2D eigenvalue weighted by molar-refractivity contribution is 7.87. The molecule has 0 bridgehead atoms. The van der Waals surface area contributed by atoms with E-state index in [0.29, 0.717) is 16.3 Å². The van der Waals surface area contributed by atoms with Crippen molar-refractivity contribution < 1.29 is 22.1 Å². The topological polar surface area (TPSA) is 105 Å². The Labute approximate surface area is 203 Å². The Kier molecular flexibility index (Phi) is 7.95. The summed E-state index contributed by atoms with van der Waals surface area (Å²) in [5.41, 5.74) is 1.69. The molecule has 174 valence electrons. The van der Waals surface area contributed by atoms with Crippen LogP contribution in [0.15, 0.2) is 77.2 Å². The lowest BCUT2D eigenvalue weighted by molar-refractivity contribution is -0.112. The first-order valence-corrected chi connectivity index (χ1v) is 12.0. The lowest BCUT2D eigenvalue weighted by Gasteiger charge is -2.13. The van der Waals surface area contributed by atoms with Crippen LogP contribution in [0.4, 0.5) is 5.69 Å². The van der Waals surface area contributed by atoms with E-state index in [1.54, 1.807) is 43.3 Å². The number of carbonyl (C=O) groups is 1. The van der Waals surface area contributed by atoms with Gasteiger partial charge in [-0.1, -0.05) is 35.4 Å². The van der Waals surface area contributed by atoms with Gasteiger partial charge in [-0.2, -0.15) is 13.7 Å². The van der Waals surface area contributed by atoms with E-state index in [2.05, 4.69) is 5.32 Å². The minimum atomic E-state index is -4.08. The molecular weight excluding hydrogens is 476 g/mol. The summed E-state index contributed by atoms with van der Waals surface area (Å²) in [6.45, 7) is 3.83. The third-order valence-corrected chi connectivity index (χ3v) is 6.06. The molecule has 0 aliphatic carbocycles. The first kappa shape index (κ1) is 24.8. The van der Waals surface area contributed by atoms with Gasteiger partial charge >= 0.3 is 10.1 Å². The number of nitriles is 1. The summed E-state index contributed by atoms with van der Waals surface area (Å²) in [6, 6.07) is 19.0. The summed E-state index contributed by atoms with van der Waals surface area (Å²) in [6.07, 6.45) is 1.37. The number of anilines is 1. The number of aryl methyl sites for hydroxylation is 1. The first-order valence-electron chi connectivity index (χ1n) is 10.2. The van der Waals surface area contributed by atoms with Gasteiger partial charge in [0.2, 0.25) is 0 Å². The van der Waals surface area contributed by atoms with Crippen LogP contribution in [0.25, 0.3) is 6.08 Å². The molecule has 0 aliphatic heterocycles. The molecule has 0 unspecified atom stereocenters. The minimum Gasteiger partial charge on any atom is -0.490 e. The minimum absolute atomic E-state index is 0.00941. The maximum absolute atomic E-state index is 12.7. The molecule has 0 heterocycles. The summed E-state index contributed by atoms with van der Waals surface area (Å²) >= 11 is 5.84. The maximum Gasteiger partial charge on any atom is 0.339 e. The summed E-state index contributed by atoms with van der Waals surface area (Å²) in [5, 5.41) is 12.6. The van der Waals surface area contributed by atoms with Crippen molar-refractivity contribution in [3.8, 4) is 17.6 Å². The predicted octanol–water partition coefficient (Wildman–Crippen LogP) is 5.36. The second-order valence-electron chi connectivity index (χ2n) is 7.12. The molecule has 0 fully saturated rings. The Balaban J connectivity index is 1.86. The van der Waals surface area contributed by atoms with Crippen molar-refractivity contribution >= 4 is 39.4 Å². The number of ether oxygens (including phenoxy) is 1. The first-order chi connectivity index (χ1) is 16.2. The molecule has 1 amide bonds. The molecule has 0 spiro atoms. The van der Waals surface area contributed by atoms with Gasteiger partial charge in [-0.05, 0) is 74.0 Å². The average molecular weight is 497 g/mol. The van der Waals surface area contributed by atoms with Gasteiger partial charge in [0.15, 0.2) is 11.5 Å². The van der Waals surface area contributed by atoms with Crippen LogP contribution in [-0.4, -0.2) is 20.9 Å². The third kappa shape index (κ3) is 6.38. The number of nitrogens with zero attached hydrogens (tertiary/aromatic N) is 1. The van der Waals surface area contributed by atoms with Crippen LogP contribution in [0.3, 0.4) is 0 Å². The SMILES string of the molecule is CCOc1cc(/C=C(/C#N)C(=O)Nc2ccc(Cl)cc2)ccc1OS(=O)(=O)c1ccc(C)cc1. The molecule has 1 N–H and O–H groups in total. The fraction of sp³-hybridized carbons (Fsp3) is 0.120. The molecular formula is C25H21ClN2O5S. The summed E-state index contributed by atoms with van der Waals surface area (Å²) in [4.78, 5) is 12.5. The summed E-state index contributed by atoms with van der Waals surface area (Å²) in [5.74, 6) is -0.462. The quantitative estimate of drug-likeness (QED) is 0.255. The van der Waals surface area contributed by atoms with Crippen molar-refractivity contribution in [1.82, 2.24) is 0 Å². The smallest absolute Gasteiger partial charge is 0.339 e. The molecule has 3 aromatic rings. The molecule has 0 radical (unpaired) electrons. The summed E-state index contributed by atoms with van der Waals surface area (Å²) in [7, 11) is -4.08. The molecule has 9 heteroatoms. The number of hydrogen-bond acceptors (Lipinski definition) is 6. The maximum atomic E-state index is 12.7. The van der Waals surface area contributed by atoms with Crippen LogP contribution < -0.4 is 14.2 Å². The number of halogens is 1. The number of benzene rings is 3. The van der Waals surface area contributed by atoms with Crippen LogP contribution in [-0.2, 0) is 14.9 Å². The zero-order valence-electron chi connectivity index (χ0n) is 18.4. The fourth-order valence-corrected chi connectivity index (χ4v) is 3.94. The Hall–Kier alpha value is -3.80. The number of nitrogens with one attached hydrogen (secondary N) is 1. The molecule has 34 heavy (non-hydrogen) atoms. The van der Waals surface area contributed by atoms with Crippen LogP contribution in [0.5, 0.6) is 11.5 Å². The van der Waals surface area contributed by atoms with Crippen LogP contribution in [0.1, 0.15) is 18.1 Å². The van der Waals surface area contributed by atoms with Gasteiger partial charge in [-0.3, -0.25) is 4.79 Å². The van der Waals surface area contributed by atoms with E-state index in [1.165, 1.54) is 36.4 Å². The highest BCUT2D eigenvalue weighted by Gasteiger charge is 2.20. The Morgan fingerprint density at radius 2 is 1.74 bits per heavy atom. The normalized spacial score (nSPS) is 11.4. The largest absolute Gasteiger partial charge is 0.490 e. The fourth-order valence-electron chi connectivity index (χ4n) is 2.87. The number of amides is 1. The van der Waals surface area contributed by atoms with E-state index in [9.17, 15) is 18.5 Å². The van der Waals surface area contributed by atoms with Crippen LogP contribution in [0, 0.1) is 18.3 Å². The van der Waals surface area contributed by atoms with Crippen molar-refractivity contribution in [2.45, 2.75) is 18.7 Å². The highest BCUT2D eigenvalue weighted by atomic mass is 35.5. The van der Waals surface area contributed by atoms with Gasteiger partial charge in [0, 0.05) is 10.7 Å². The van der Waals surface area contributed by atoms with Crippen molar-refractivity contribution in [2.75, 3.05) is 11.9 Å². The molecule has 0 atom stereocenters. The van der Waals surface area contributed by atoms with Crippen molar-refractivity contribution in [1.29, 1.82) is 5.26 Å². The van der Waals surface area contributed by atoms with Gasteiger partial charge in [0.1, 0.15) is 16.5 Å². The number of hydrogen-bond donors (Lipinski definition) is 1. The van der Waals surface area contributed by atoms with Crippen LogP contribution in [0.2, 0.25) is 5.02 Å². The standard InChI is InChI=1S/C25H21ClN2O5S/c1-3-32-24-15-18(14-19(16-27)25(29)28-21-9-7-20(26)8-10-21)6-13-23(24)33-34(30,31)22-11-4-17(2)5-12-22/h4-15H,3H2,1-2H3,(H,28,29)/b19-14-. The van der Waals surface area contributed by atoms with E-state index >= 15 is 0 Å². The van der Waals surface area contributed by atoms with Gasteiger partial charge in [-0.15, -0.1) is 0 Å². The van der Waals surface area contributed by atoms with Gasteiger partial charge in [0.05, 0.1) is 6.61 Å². The molecule has 0 aromatic heterocycles. The third-order valence-electron chi connectivity index (χ3n) is 4.55. The van der Waals surface area contributed by atoms with Crippen molar-refractivity contribution in [3.05, 3.63) is 88.5 Å². The van der Waals surface area contributed by atoms with E-state index in [0.717, 1.165) is 5.56 Å². The van der Waals surface area contributed by atoms with Gasteiger partial charge < -0.3 is 14.2 Å². The second-order valence-corrected chi connectivity index (χ2v) is 9.10. The molecule has 0 saturated carbocycles.